The highest BCUT2D eigenvalue weighted by molar-refractivity contribution is 5.79. The number of fused-ring (bicyclic) bond motifs is 1. The predicted molar refractivity (Wildman–Crippen MR) is 58.4 cm³/mol. The second-order valence-electron chi connectivity index (χ2n) is 5.46. The van der Waals surface area contributed by atoms with Crippen molar-refractivity contribution < 1.29 is 4.79 Å². The SMILES string of the molecule is O=C(NCC1CCCN1)C1CC2CC2C1. The van der Waals surface area contributed by atoms with Gasteiger partial charge in [-0.3, -0.25) is 4.79 Å². The third-order valence-corrected chi connectivity index (χ3v) is 4.30. The molecule has 84 valence electrons. The first-order chi connectivity index (χ1) is 7.33. The second-order valence-corrected chi connectivity index (χ2v) is 5.46. The second kappa shape index (κ2) is 3.78. The molecule has 2 saturated carbocycles. The van der Waals surface area contributed by atoms with Crippen LogP contribution in [-0.2, 0) is 4.79 Å². The van der Waals surface area contributed by atoms with Crippen molar-refractivity contribution in [3.8, 4) is 0 Å². The van der Waals surface area contributed by atoms with Crippen molar-refractivity contribution >= 4 is 5.91 Å². The number of amides is 1. The Morgan fingerprint density at radius 2 is 2.07 bits per heavy atom. The lowest BCUT2D eigenvalue weighted by molar-refractivity contribution is -0.125. The van der Waals surface area contributed by atoms with Gasteiger partial charge in [0.25, 0.3) is 0 Å². The Labute approximate surface area is 91.0 Å². The summed E-state index contributed by atoms with van der Waals surface area (Å²) in [5.41, 5.74) is 0. The molecule has 15 heavy (non-hydrogen) atoms. The van der Waals surface area contributed by atoms with E-state index in [1.807, 2.05) is 0 Å². The van der Waals surface area contributed by atoms with Gasteiger partial charge in [-0.1, -0.05) is 0 Å². The minimum Gasteiger partial charge on any atom is -0.354 e. The van der Waals surface area contributed by atoms with Gasteiger partial charge in [0, 0.05) is 18.5 Å². The predicted octanol–water partition coefficient (Wildman–Crippen LogP) is 0.901. The zero-order valence-electron chi connectivity index (χ0n) is 9.17. The maximum absolute atomic E-state index is 11.8. The molecule has 0 aromatic carbocycles. The van der Waals surface area contributed by atoms with Crippen LogP contribution in [0.2, 0.25) is 0 Å². The maximum atomic E-state index is 11.8. The maximum Gasteiger partial charge on any atom is 0.223 e. The minimum absolute atomic E-state index is 0.316. The van der Waals surface area contributed by atoms with E-state index in [1.165, 1.54) is 19.3 Å². The van der Waals surface area contributed by atoms with E-state index < -0.39 is 0 Å². The summed E-state index contributed by atoms with van der Waals surface area (Å²) < 4.78 is 0. The van der Waals surface area contributed by atoms with Gasteiger partial charge in [0.2, 0.25) is 5.91 Å². The summed E-state index contributed by atoms with van der Waals surface area (Å²) in [5.74, 6) is 2.47. The molecule has 2 N–H and O–H groups in total. The van der Waals surface area contributed by atoms with Crippen LogP contribution in [0.25, 0.3) is 0 Å². The highest BCUT2D eigenvalue weighted by Gasteiger charge is 2.47. The molecule has 0 spiro atoms. The van der Waals surface area contributed by atoms with E-state index in [2.05, 4.69) is 10.6 Å². The molecule has 1 saturated heterocycles. The molecule has 1 aliphatic heterocycles. The third-order valence-electron chi connectivity index (χ3n) is 4.30. The monoisotopic (exact) mass is 208 g/mol. The average molecular weight is 208 g/mol. The van der Waals surface area contributed by atoms with Gasteiger partial charge < -0.3 is 10.6 Å². The van der Waals surface area contributed by atoms with E-state index in [0.717, 1.165) is 37.8 Å². The number of nitrogens with one attached hydrogen (secondary N) is 2. The van der Waals surface area contributed by atoms with Crippen molar-refractivity contribution in [2.24, 2.45) is 17.8 Å². The molecular formula is C12H20N2O. The number of carbonyl (C=O) groups is 1. The molecule has 0 bridgehead atoms. The van der Waals surface area contributed by atoms with Gasteiger partial charge >= 0.3 is 0 Å². The van der Waals surface area contributed by atoms with Crippen LogP contribution in [0.3, 0.4) is 0 Å². The van der Waals surface area contributed by atoms with Crippen LogP contribution in [-0.4, -0.2) is 25.0 Å². The molecule has 0 aromatic heterocycles. The molecular weight excluding hydrogens is 188 g/mol. The van der Waals surface area contributed by atoms with Crippen LogP contribution in [0.1, 0.15) is 32.1 Å². The summed E-state index contributed by atoms with van der Waals surface area (Å²) in [6.07, 6.45) is 6.20. The van der Waals surface area contributed by atoms with Gasteiger partial charge in [0.1, 0.15) is 0 Å². The standard InChI is InChI=1S/C12H20N2O/c15-12(10-5-8-4-9(8)6-10)14-7-11-2-1-3-13-11/h8-11,13H,1-7H2,(H,14,15). The number of carbonyl (C=O) groups excluding carboxylic acids is 1. The normalized spacial score (nSPS) is 42.7. The van der Waals surface area contributed by atoms with Gasteiger partial charge in [-0.2, -0.15) is 0 Å². The quantitative estimate of drug-likeness (QED) is 0.723. The molecule has 1 heterocycles. The zero-order valence-corrected chi connectivity index (χ0v) is 9.17. The van der Waals surface area contributed by atoms with E-state index in [9.17, 15) is 4.79 Å². The lowest BCUT2D eigenvalue weighted by Crippen LogP contribution is -2.39. The average Bonchev–Trinajstić information content (AvgIpc) is 2.75. The molecule has 0 radical (unpaired) electrons. The van der Waals surface area contributed by atoms with Crippen molar-refractivity contribution in [2.75, 3.05) is 13.1 Å². The van der Waals surface area contributed by atoms with E-state index >= 15 is 0 Å². The molecule has 3 fully saturated rings. The van der Waals surface area contributed by atoms with E-state index in [1.54, 1.807) is 0 Å². The molecule has 3 nitrogen and oxygen atoms in total. The molecule has 3 rings (SSSR count). The first kappa shape index (κ1) is 9.64. The first-order valence-corrected chi connectivity index (χ1v) is 6.34. The molecule has 3 aliphatic rings. The van der Waals surface area contributed by atoms with E-state index in [0.29, 0.717) is 17.9 Å². The van der Waals surface area contributed by atoms with Crippen LogP contribution in [0, 0.1) is 17.8 Å². The van der Waals surface area contributed by atoms with E-state index in [4.69, 9.17) is 0 Å². The highest BCUT2D eigenvalue weighted by atomic mass is 16.1. The summed E-state index contributed by atoms with van der Waals surface area (Å²) in [5, 5.41) is 6.51. The molecule has 2 aliphatic carbocycles. The van der Waals surface area contributed by atoms with Crippen molar-refractivity contribution in [3.05, 3.63) is 0 Å². The van der Waals surface area contributed by atoms with E-state index in [-0.39, 0.29) is 0 Å². The molecule has 3 heteroatoms. The molecule has 0 aromatic rings. The largest absolute Gasteiger partial charge is 0.354 e. The molecule has 1 amide bonds. The Morgan fingerprint density at radius 1 is 1.27 bits per heavy atom. The van der Waals surface area contributed by atoms with Gasteiger partial charge in [0.15, 0.2) is 0 Å². The Bertz CT molecular complexity index is 250. The number of hydrogen-bond acceptors (Lipinski definition) is 2. The van der Waals surface area contributed by atoms with Gasteiger partial charge in [0.05, 0.1) is 0 Å². The van der Waals surface area contributed by atoms with Crippen molar-refractivity contribution in [1.29, 1.82) is 0 Å². The Balaban J connectivity index is 1.41. The first-order valence-electron chi connectivity index (χ1n) is 6.34. The Kier molecular flexibility index (Phi) is 2.43. The molecule has 3 unspecified atom stereocenters. The fourth-order valence-electron chi connectivity index (χ4n) is 3.23. The zero-order chi connectivity index (χ0) is 10.3. The van der Waals surface area contributed by atoms with Gasteiger partial charge in [-0.25, -0.2) is 0 Å². The topological polar surface area (TPSA) is 41.1 Å². The summed E-state index contributed by atoms with van der Waals surface area (Å²) >= 11 is 0. The summed E-state index contributed by atoms with van der Waals surface area (Å²) in [6, 6.07) is 0.532. The van der Waals surface area contributed by atoms with Crippen LogP contribution in [0.5, 0.6) is 0 Å². The van der Waals surface area contributed by atoms with Crippen LogP contribution in [0.15, 0.2) is 0 Å². The van der Waals surface area contributed by atoms with Gasteiger partial charge in [-0.15, -0.1) is 0 Å². The lowest BCUT2D eigenvalue weighted by atomic mass is 10.0. The van der Waals surface area contributed by atoms with Crippen LogP contribution < -0.4 is 10.6 Å². The number of rotatable bonds is 3. The Hall–Kier alpha value is -0.570. The van der Waals surface area contributed by atoms with Crippen LogP contribution in [0.4, 0.5) is 0 Å². The fraction of sp³-hybridized carbons (Fsp3) is 0.917. The smallest absolute Gasteiger partial charge is 0.223 e. The van der Waals surface area contributed by atoms with Crippen molar-refractivity contribution in [1.82, 2.24) is 10.6 Å². The van der Waals surface area contributed by atoms with Crippen molar-refractivity contribution in [2.45, 2.75) is 38.1 Å². The molecule has 3 atom stereocenters. The fourth-order valence-corrected chi connectivity index (χ4v) is 3.23. The van der Waals surface area contributed by atoms with Gasteiger partial charge in [-0.05, 0) is 50.5 Å². The summed E-state index contributed by atoms with van der Waals surface area (Å²) in [4.78, 5) is 11.8. The van der Waals surface area contributed by atoms with Crippen molar-refractivity contribution in [3.63, 3.8) is 0 Å². The van der Waals surface area contributed by atoms with Crippen LogP contribution >= 0.6 is 0 Å². The summed E-state index contributed by atoms with van der Waals surface area (Å²) in [7, 11) is 0. The Morgan fingerprint density at radius 3 is 2.73 bits per heavy atom. The number of hydrogen-bond donors (Lipinski definition) is 2. The lowest BCUT2D eigenvalue weighted by Gasteiger charge is -2.15. The third kappa shape index (κ3) is 2.03. The summed E-state index contributed by atoms with van der Waals surface area (Å²) in [6.45, 7) is 1.96. The minimum atomic E-state index is 0.316. The highest BCUT2D eigenvalue weighted by Crippen LogP contribution is 2.54.